The molecule has 1 aromatic heterocycles. The van der Waals surface area contributed by atoms with E-state index in [4.69, 9.17) is 10.5 Å². The Morgan fingerprint density at radius 2 is 2.00 bits per heavy atom. The number of benzene rings is 1. The largest absolute Gasteiger partial charge is 0.477 e. The average molecular weight is 354 g/mol. The van der Waals surface area contributed by atoms with Gasteiger partial charge in [-0.25, -0.2) is 4.98 Å². The van der Waals surface area contributed by atoms with Crippen LogP contribution in [0.4, 0.5) is 17.3 Å². The van der Waals surface area contributed by atoms with Crippen molar-refractivity contribution in [3.63, 3.8) is 0 Å². The predicted octanol–water partition coefficient (Wildman–Crippen LogP) is 2.50. The first-order valence-electron chi connectivity index (χ1n) is 8.54. The predicted molar refractivity (Wildman–Crippen MR) is 100 cm³/mol. The van der Waals surface area contributed by atoms with E-state index in [0.717, 1.165) is 5.56 Å². The second kappa shape index (κ2) is 7.03. The Balaban J connectivity index is 1.90. The number of aryl methyl sites for hydroxylation is 1. The molecular weight excluding hydrogens is 332 g/mol. The van der Waals surface area contributed by atoms with Crippen molar-refractivity contribution < 1.29 is 14.3 Å². The van der Waals surface area contributed by atoms with Crippen molar-refractivity contribution in [2.24, 2.45) is 0 Å². The van der Waals surface area contributed by atoms with E-state index in [1.54, 1.807) is 19.1 Å². The van der Waals surface area contributed by atoms with Crippen molar-refractivity contribution in [2.45, 2.75) is 39.3 Å². The third-order valence-corrected chi connectivity index (χ3v) is 4.33. The van der Waals surface area contributed by atoms with Gasteiger partial charge >= 0.3 is 0 Å². The van der Waals surface area contributed by atoms with Gasteiger partial charge in [0.05, 0.1) is 0 Å². The van der Waals surface area contributed by atoms with Crippen LogP contribution in [0.2, 0.25) is 0 Å². The molecule has 0 saturated carbocycles. The number of nitrogen functional groups attached to an aromatic ring is 1. The second-order valence-corrected chi connectivity index (χ2v) is 6.31. The number of anilines is 3. The Kier molecular flexibility index (Phi) is 4.79. The number of aromatic nitrogens is 1. The zero-order chi connectivity index (χ0) is 18.8. The number of ether oxygens (including phenoxy) is 1. The van der Waals surface area contributed by atoms with E-state index in [2.05, 4.69) is 10.3 Å². The Bertz CT molecular complexity index is 835. The monoisotopic (exact) mass is 354 g/mol. The molecule has 0 saturated heterocycles. The highest BCUT2D eigenvalue weighted by Gasteiger charge is 2.39. The molecule has 1 aliphatic heterocycles. The summed E-state index contributed by atoms with van der Waals surface area (Å²) in [5.74, 6) is 0.358. The third-order valence-electron chi connectivity index (χ3n) is 4.33. The first-order chi connectivity index (χ1) is 12.4. The fourth-order valence-corrected chi connectivity index (χ4v) is 2.81. The number of nitrogens with zero attached hydrogens (tertiary/aromatic N) is 2. The van der Waals surface area contributed by atoms with Crippen LogP contribution in [0, 0.1) is 6.92 Å². The van der Waals surface area contributed by atoms with Gasteiger partial charge in [0, 0.05) is 5.69 Å². The quantitative estimate of drug-likeness (QED) is 0.879. The smallest absolute Gasteiger partial charge is 0.270 e. The van der Waals surface area contributed by atoms with Crippen LogP contribution < -0.4 is 20.7 Å². The summed E-state index contributed by atoms with van der Waals surface area (Å²) < 4.78 is 5.70. The van der Waals surface area contributed by atoms with E-state index in [1.165, 1.54) is 4.90 Å². The molecule has 0 radical (unpaired) electrons. The molecule has 26 heavy (non-hydrogen) atoms. The maximum absolute atomic E-state index is 12.8. The Labute approximate surface area is 152 Å². The van der Waals surface area contributed by atoms with Gasteiger partial charge in [-0.2, -0.15) is 0 Å². The zero-order valence-electron chi connectivity index (χ0n) is 15.0. The van der Waals surface area contributed by atoms with Crippen LogP contribution in [0.1, 0.15) is 25.8 Å². The van der Waals surface area contributed by atoms with E-state index in [9.17, 15) is 9.59 Å². The molecular formula is C19H22N4O3. The van der Waals surface area contributed by atoms with Gasteiger partial charge in [-0.3, -0.25) is 14.5 Å². The summed E-state index contributed by atoms with van der Waals surface area (Å²) in [6, 6.07) is 9.96. The van der Waals surface area contributed by atoms with Crippen LogP contribution in [-0.2, 0) is 9.59 Å². The summed E-state index contributed by atoms with van der Waals surface area (Å²) in [6.07, 6.45) is -0.159. The van der Waals surface area contributed by atoms with Crippen LogP contribution >= 0.6 is 0 Å². The number of hydrogen-bond acceptors (Lipinski definition) is 5. The fraction of sp³-hybridized carbons (Fsp3) is 0.316. The van der Waals surface area contributed by atoms with E-state index in [1.807, 2.05) is 38.1 Å². The number of nitrogens with two attached hydrogens (primary N) is 1. The molecule has 1 aliphatic rings. The van der Waals surface area contributed by atoms with Gasteiger partial charge in [0.15, 0.2) is 17.7 Å². The van der Waals surface area contributed by atoms with Crippen LogP contribution in [-0.4, -0.2) is 28.9 Å². The normalized spacial score (nSPS) is 17.3. The van der Waals surface area contributed by atoms with E-state index in [0.29, 0.717) is 17.9 Å². The molecule has 7 nitrogen and oxygen atoms in total. The topological polar surface area (TPSA) is 97.6 Å². The Morgan fingerprint density at radius 3 is 2.65 bits per heavy atom. The Morgan fingerprint density at radius 1 is 1.31 bits per heavy atom. The van der Waals surface area contributed by atoms with Gasteiger partial charge in [-0.05, 0) is 44.5 Å². The first-order valence-corrected chi connectivity index (χ1v) is 8.54. The molecule has 2 aromatic rings. The minimum absolute atomic E-state index is 0.256. The molecule has 0 aliphatic carbocycles. The lowest BCUT2D eigenvalue weighted by atomic mass is 10.1. The molecule has 3 N–H and O–H groups in total. The molecule has 2 atom stereocenters. The fourth-order valence-electron chi connectivity index (χ4n) is 2.81. The van der Waals surface area contributed by atoms with Gasteiger partial charge in [-0.1, -0.05) is 24.6 Å². The van der Waals surface area contributed by atoms with Gasteiger partial charge < -0.3 is 15.8 Å². The van der Waals surface area contributed by atoms with Crippen molar-refractivity contribution in [1.29, 1.82) is 0 Å². The Hall–Kier alpha value is -3.09. The number of fused-ring (bicyclic) bond motifs is 1. The summed E-state index contributed by atoms with van der Waals surface area (Å²) in [5.41, 5.74) is 7.53. The van der Waals surface area contributed by atoms with E-state index in [-0.39, 0.29) is 23.5 Å². The number of hydrogen-bond donors (Lipinski definition) is 2. The maximum Gasteiger partial charge on any atom is 0.270 e. The summed E-state index contributed by atoms with van der Waals surface area (Å²) in [5, 5.41) is 2.83. The molecule has 0 spiro atoms. The van der Waals surface area contributed by atoms with Crippen LogP contribution in [0.3, 0.4) is 0 Å². The average Bonchev–Trinajstić information content (AvgIpc) is 2.62. The number of carbonyl (C=O) groups is 2. The van der Waals surface area contributed by atoms with Crippen molar-refractivity contribution in [3.05, 3.63) is 42.0 Å². The van der Waals surface area contributed by atoms with Crippen molar-refractivity contribution in [2.75, 3.05) is 16.0 Å². The SMILES string of the molecule is CCC1Oc2ccc(N)nc2N(C(C)C(=O)Nc2ccc(C)cc2)C1=O. The number of nitrogens with one attached hydrogen (secondary N) is 1. The summed E-state index contributed by atoms with van der Waals surface area (Å²) in [6.45, 7) is 5.49. The number of rotatable bonds is 4. The summed E-state index contributed by atoms with van der Waals surface area (Å²) in [4.78, 5) is 31.1. The first kappa shape index (κ1) is 17.7. The number of pyridine rings is 1. The van der Waals surface area contributed by atoms with Gasteiger partial charge in [0.2, 0.25) is 5.91 Å². The van der Waals surface area contributed by atoms with Crippen molar-refractivity contribution in [3.8, 4) is 5.75 Å². The lowest BCUT2D eigenvalue weighted by Crippen LogP contribution is -2.53. The summed E-state index contributed by atoms with van der Waals surface area (Å²) >= 11 is 0. The van der Waals surface area contributed by atoms with E-state index >= 15 is 0 Å². The number of amides is 2. The second-order valence-electron chi connectivity index (χ2n) is 6.31. The highest BCUT2D eigenvalue weighted by molar-refractivity contribution is 6.07. The minimum Gasteiger partial charge on any atom is -0.477 e. The molecule has 2 unspecified atom stereocenters. The van der Waals surface area contributed by atoms with Crippen molar-refractivity contribution >= 4 is 29.1 Å². The van der Waals surface area contributed by atoms with E-state index < -0.39 is 12.1 Å². The van der Waals surface area contributed by atoms with Crippen LogP contribution in [0.15, 0.2) is 36.4 Å². The zero-order valence-corrected chi connectivity index (χ0v) is 15.0. The molecule has 7 heteroatoms. The standard InChI is InChI=1S/C19H22N4O3/c1-4-14-19(25)23(17-15(26-14)9-10-16(20)22-17)12(3)18(24)21-13-7-5-11(2)6-8-13/h5-10,12,14H,4H2,1-3H3,(H2,20,22)(H,21,24). The number of carbonyl (C=O) groups excluding carboxylic acids is 2. The molecule has 136 valence electrons. The molecule has 1 aromatic carbocycles. The van der Waals surface area contributed by atoms with Gasteiger partial charge in [-0.15, -0.1) is 0 Å². The molecule has 0 fully saturated rings. The van der Waals surface area contributed by atoms with Crippen LogP contribution in [0.5, 0.6) is 5.75 Å². The molecule has 2 heterocycles. The maximum atomic E-state index is 12.8. The molecule has 0 bridgehead atoms. The minimum atomic E-state index is -0.769. The highest BCUT2D eigenvalue weighted by Crippen LogP contribution is 2.35. The highest BCUT2D eigenvalue weighted by atomic mass is 16.5. The lowest BCUT2D eigenvalue weighted by molar-refractivity contribution is -0.129. The third kappa shape index (κ3) is 3.33. The summed E-state index contributed by atoms with van der Waals surface area (Å²) in [7, 11) is 0. The van der Waals surface area contributed by atoms with Crippen molar-refractivity contribution in [1.82, 2.24) is 4.98 Å². The molecule has 3 rings (SSSR count). The van der Waals surface area contributed by atoms with Crippen LogP contribution in [0.25, 0.3) is 0 Å². The molecule has 2 amide bonds. The lowest BCUT2D eigenvalue weighted by Gasteiger charge is -2.36. The van der Waals surface area contributed by atoms with Gasteiger partial charge in [0.25, 0.3) is 5.91 Å². The van der Waals surface area contributed by atoms with Gasteiger partial charge in [0.1, 0.15) is 11.9 Å².